The van der Waals surface area contributed by atoms with Gasteiger partial charge in [0.05, 0.1) is 12.1 Å². The zero-order valence-electron chi connectivity index (χ0n) is 12.0. The molecular formula is C14H21ClN2O2. The molecule has 0 fully saturated rings. The Kier molecular flexibility index (Phi) is 5.29. The third-order valence-electron chi connectivity index (χ3n) is 2.87. The van der Waals surface area contributed by atoms with Gasteiger partial charge in [-0.15, -0.1) is 0 Å². The SMILES string of the molecule is CCCCn1nc(C(C)(C)C)cc(CC(=O)Cl)c1=O. The topological polar surface area (TPSA) is 52.0 Å². The summed E-state index contributed by atoms with van der Waals surface area (Å²) in [4.78, 5) is 23.2. The van der Waals surface area contributed by atoms with Gasteiger partial charge in [-0.1, -0.05) is 34.1 Å². The van der Waals surface area contributed by atoms with Crippen LogP contribution < -0.4 is 5.56 Å². The third kappa shape index (κ3) is 4.46. The van der Waals surface area contributed by atoms with E-state index in [1.807, 2.05) is 20.8 Å². The zero-order chi connectivity index (χ0) is 14.6. The molecule has 0 atom stereocenters. The smallest absolute Gasteiger partial charge is 0.270 e. The number of unbranched alkanes of at least 4 members (excludes halogenated alkanes) is 1. The molecule has 1 rings (SSSR count). The summed E-state index contributed by atoms with van der Waals surface area (Å²) in [6, 6.07) is 1.70. The van der Waals surface area contributed by atoms with E-state index in [1.54, 1.807) is 6.07 Å². The Labute approximate surface area is 118 Å². The second kappa shape index (κ2) is 6.33. The number of carbonyl (C=O) groups is 1. The van der Waals surface area contributed by atoms with Gasteiger partial charge in [-0.2, -0.15) is 5.10 Å². The number of rotatable bonds is 5. The van der Waals surface area contributed by atoms with Gasteiger partial charge in [0.25, 0.3) is 5.56 Å². The Bertz CT molecular complexity index is 515. The van der Waals surface area contributed by atoms with Crippen LogP contribution in [0.3, 0.4) is 0 Å². The zero-order valence-corrected chi connectivity index (χ0v) is 12.8. The monoisotopic (exact) mass is 284 g/mol. The Morgan fingerprint density at radius 2 is 2.05 bits per heavy atom. The van der Waals surface area contributed by atoms with Crippen LogP contribution in [-0.4, -0.2) is 15.0 Å². The van der Waals surface area contributed by atoms with Crippen molar-refractivity contribution < 1.29 is 4.79 Å². The highest BCUT2D eigenvalue weighted by Gasteiger charge is 2.20. The number of aryl methyl sites for hydroxylation is 1. The minimum atomic E-state index is -0.523. The average Bonchev–Trinajstić information content (AvgIpc) is 2.28. The van der Waals surface area contributed by atoms with Gasteiger partial charge >= 0.3 is 0 Å². The Morgan fingerprint density at radius 1 is 1.42 bits per heavy atom. The van der Waals surface area contributed by atoms with Crippen LogP contribution in [0.2, 0.25) is 0 Å². The first-order valence-corrected chi connectivity index (χ1v) is 6.93. The van der Waals surface area contributed by atoms with Crippen molar-refractivity contribution in [1.29, 1.82) is 0 Å². The summed E-state index contributed by atoms with van der Waals surface area (Å²) < 4.78 is 1.46. The van der Waals surface area contributed by atoms with Crippen molar-refractivity contribution in [3.63, 3.8) is 0 Å². The van der Waals surface area contributed by atoms with E-state index >= 15 is 0 Å². The van der Waals surface area contributed by atoms with E-state index in [4.69, 9.17) is 11.6 Å². The van der Waals surface area contributed by atoms with Crippen LogP contribution in [0.25, 0.3) is 0 Å². The Morgan fingerprint density at radius 3 is 2.53 bits per heavy atom. The van der Waals surface area contributed by atoms with E-state index in [2.05, 4.69) is 12.0 Å². The summed E-state index contributed by atoms with van der Waals surface area (Å²) in [5.41, 5.74) is 0.841. The van der Waals surface area contributed by atoms with Gasteiger partial charge in [0, 0.05) is 17.5 Å². The van der Waals surface area contributed by atoms with Gasteiger partial charge in [0.2, 0.25) is 5.24 Å². The maximum Gasteiger partial charge on any atom is 0.270 e. The van der Waals surface area contributed by atoms with Crippen LogP contribution in [0.4, 0.5) is 0 Å². The maximum absolute atomic E-state index is 12.2. The summed E-state index contributed by atoms with van der Waals surface area (Å²) in [7, 11) is 0. The van der Waals surface area contributed by atoms with Gasteiger partial charge in [-0.3, -0.25) is 9.59 Å². The second-order valence-electron chi connectivity index (χ2n) is 5.72. The molecule has 1 aromatic rings. The lowest BCUT2D eigenvalue weighted by Gasteiger charge is -2.20. The molecular weight excluding hydrogens is 264 g/mol. The normalized spacial score (nSPS) is 11.6. The number of halogens is 1. The number of hydrogen-bond donors (Lipinski definition) is 0. The van der Waals surface area contributed by atoms with Crippen LogP contribution >= 0.6 is 11.6 Å². The highest BCUT2D eigenvalue weighted by atomic mass is 35.5. The van der Waals surface area contributed by atoms with Crippen molar-refractivity contribution in [2.24, 2.45) is 0 Å². The van der Waals surface area contributed by atoms with Crippen molar-refractivity contribution >= 4 is 16.8 Å². The fourth-order valence-electron chi connectivity index (χ4n) is 1.70. The van der Waals surface area contributed by atoms with E-state index in [0.717, 1.165) is 18.5 Å². The molecule has 4 nitrogen and oxygen atoms in total. The average molecular weight is 285 g/mol. The minimum absolute atomic E-state index is 0.0435. The number of aromatic nitrogens is 2. The molecule has 0 radical (unpaired) electrons. The standard InChI is InChI=1S/C14H21ClN2O2/c1-5-6-7-17-13(19)10(9-12(15)18)8-11(16-17)14(2,3)4/h8H,5-7,9H2,1-4H3. The van der Waals surface area contributed by atoms with Crippen LogP contribution in [-0.2, 0) is 23.2 Å². The molecule has 0 saturated carbocycles. The van der Waals surface area contributed by atoms with Crippen LogP contribution in [0.1, 0.15) is 51.8 Å². The first-order valence-electron chi connectivity index (χ1n) is 6.55. The lowest BCUT2D eigenvalue weighted by atomic mass is 9.91. The molecule has 5 heteroatoms. The maximum atomic E-state index is 12.2. The van der Waals surface area contributed by atoms with Gasteiger partial charge in [0.15, 0.2) is 0 Å². The fourth-order valence-corrected chi connectivity index (χ4v) is 1.84. The van der Waals surface area contributed by atoms with E-state index in [0.29, 0.717) is 12.1 Å². The van der Waals surface area contributed by atoms with E-state index in [9.17, 15) is 9.59 Å². The lowest BCUT2D eigenvalue weighted by Crippen LogP contribution is -2.31. The lowest BCUT2D eigenvalue weighted by molar-refractivity contribution is -0.111. The van der Waals surface area contributed by atoms with Crippen molar-refractivity contribution in [2.45, 2.75) is 58.9 Å². The molecule has 0 unspecified atom stereocenters. The summed E-state index contributed by atoms with van der Waals surface area (Å²) in [6.07, 6.45) is 1.82. The predicted octanol–water partition coefficient (Wildman–Crippen LogP) is 2.65. The molecule has 0 aliphatic heterocycles. The molecule has 19 heavy (non-hydrogen) atoms. The van der Waals surface area contributed by atoms with E-state index < -0.39 is 5.24 Å². The predicted molar refractivity (Wildman–Crippen MR) is 76.7 cm³/mol. The molecule has 0 aliphatic rings. The first-order chi connectivity index (χ1) is 8.75. The van der Waals surface area contributed by atoms with E-state index in [1.165, 1.54) is 4.68 Å². The third-order valence-corrected chi connectivity index (χ3v) is 3.00. The summed E-state index contributed by atoms with van der Waals surface area (Å²) >= 11 is 5.40. The van der Waals surface area contributed by atoms with Crippen LogP contribution in [0, 0.1) is 0 Å². The highest BCUT2D eigenvalue weighted by Crippen LogP contribution is 2.19. The molecule has 1 aromatic heterocycles. The molecule has 1 heterocycles. The number of carbonyl (C=O) groups excluding carboxylic acids is 1. The molecule has 0 amide bonds. The quantitative estimate of drug-likeness (QED) is 0.781. The Balaban J connectivity index is 3.30. The largest absolute Gasteiger partial charge is 0.281 e. The molecule has 0 N–H and O–H groups in total. The van der Waals surface area contributed by atoms with Crippen molar-refractivity contribution in [3.8, 4) is 0 Å². The van der Waals surface area contributed by atoms with Gasteiger partial charge in [0.1, 0.15) is 0 Å². The van der Waals surface area contributed by atoms with Crippen LogP contribution in [0.5, 0.6) is 0 Å². The molecule has 0 bridgehead atoms. The van der Waals surface area contributed by atoms with Crippen molar-refractivity contribution in [2.75, 3.05) is 0 Å². The second-order valence-corrected chi connectivity index (χ2v) is 6.14. The van der Waals surface area contributed by atoms with Gasteiger partial charge < -0.3 is 0 Å². The Hall–Kier alpha value is -1.16. The molecule has 0 aromatic carbocycles. The molecule has 0 spiro atoms. The summed E-state index contributed by atoms with van der Waals surface area (Å²) in [5, 5.41) is 3.88. The van der Waals surface area contributed by atoms with Crippen molar-refractivity contribution in [1.82, 2.24) is 9.78 Å². The fraction of sp³-hybridized carbons (Fsp3) is 0.643. The van der Waals surface area contributed by atoms with Gasteiger partial charge in [-0.05, 0) is 24.1 Å². The summed E-state index contributed by atoms with van der Waals surface area (Å²) in [5.74, 6) is 0. The van der Waals surface area contributed by atoms with Crippen LogP contribution in [0.15, 0.2) is 10.9 Å². The minimum Gasteiger partial charge on any atom is -0.281 e. The molecule has 0 saturated heterocycles. The number of nitrogens with zero attached hydrogens (tertiary/aromatic N) is 2. The van der Waals surface area contributed by atoms with Gasteiger partial charge in [-0.25, -0.2) is 4.68 Å². The first kappa shape index (κ1) is 15.9. The summed E-state index contributed by atoms with van der Waals surface area (Å²) in [6.45, 7) is 8.70. The molecule has 0 aliphatic carbocycles. The highest BCUT2D eigenvalue weighted by molar-refractivity contribution is 6.63. The van der Waals surface area contributed by atoms with E-state index in [-0.39, 0.29) is 17.4 Å². The molecule has 106 valence electrons. The number of hydrogen-bond acceptors (Lipinski definition) is 3. The van der Waals surface area contributed by atoms with Crippen molar-refractivity contribution in [3.05, 3.63) is 27.7 Å².